The molecule has 1 unspecified atom stereocenters. The molecule has 3 N–H and O–H groups in total. The van der Waals surface area contributed by atoms with Gasteiger partial charge in [0.1, 0.15) is 17.1 Å². The Morgan fingerprint density at radius 1 is 1.11 bits per heavy atom. The lowest BCUT2D eigenvalue weighted by atomic mass is 9.95. The lowest BCUT2D eigenvalue weighted by molar-refractivity contribution is 0.0732. The topological polar surface area (TPSA) is 89.5 Å². The van der Waals surface area contributed by atoms with Gasteiger partial charge in [0.05, 0.1) is 6.04 Å². The van der Waals surface area contributed by atoms with Gasteiger partial charge in [0, 0.05) is 34.3 Å². The van der Waals surface area contributed by atoms with E-state index in [1.807, 2.05) is 12.1 Å². The number of benzene rings is 2. The Labute approximate surface area is 171 Å². The molecule has 0 aliphatic carbocycles. The maximum absolute atomic E-state index is 13.0. The number of H-pyrrole nitrogens is 1. The molecule has 1 amide bonds. The summed E-state index contributed by atoms with van der Waals surface area (Å²) in [6.07, 6.45) is 0.450. The quantitative estimate of drug-likeness (QED) is 0.584. The number of phenolic OH excluding ortho intramolecular Hbond substituents is 1. The predicted molar refractivity (Wildman–Crippen MR) is 107 cm³/mol. The molecule has 1 aromatic heterocycles. The zero-order valence-corrected chi connectivity index (χ0v) is 16.2. The van der Waals surface area contributed by atoms with E-state index in [1.165, 1.54) is 6.07 Å². The molecule has 1 aliphatic heterocycles. The van der Waals surface area contributed by atoms with Gasteiger partial charge in [0.25, 0.3) is 5.91 Å². The van der Waals surface area contributed by atoms with Crippen LogP contribution in [0.1, 0.15) is 34.1 Å². The molecule has 4 rings (SSSR count). The molecule has 8 heteroatoms. The third-order valence-electron chi connectivity index (χ3n) is 4.82. The summed E-state index contributed by atoms with van der Waals surface area (Å²) in [5.74, 6) is -0.182. The van der Waals surface area contributed by atoms with Crippen LogP contribution in [0.15, 0.2) is 42.5 Å². The largest absolute Gasteiger partial charge is 0.507 e. The lowest BCUT2D eigenvalue weighted by Gasteiger charge is -2.26. The molecule has 0 bridgehead atoms. The maximum atomic E-state index is 13.0. The van der Waals surface area contributed by atoms with E-state index in [9.17, 15) is 15.0 Å². The van der Waals surface area contributed by atoms with Crippen molar-refractivity contribution in [2.24, 2.45) is 0 Å². The van der Waals surface area contributed by atoms with Gasteiger partial charge in [-0.15, -0.1) is 0 Å². The van der Waals surface area contributed by atoms with Crippen LogP contribution in [0.25, 0.3) is 11.3 Å². The second-order valence-electron chi connectivity index (χ2n) is 6.55. The monoisotopic (exact) mass is 417 g/mol. The number of halogens is 2. The van der Waals surface area contributed by atoms with Crippen LogP contribution in [0.3, 0.4) is 0 Å². The summed E-state index contributed by atoms with van der Waals surface area (Å²) in [6.45, 7) is 0.358. The fraction of sp³-hybridized carbons (Fsp3) is 0.200. The highest BCUT2D eigenvalue weighted by Crippen LogP contribution is 2.45. The number of aromatic amines is 1. The van der Waals surface area contributed by atoms with Crippen LogP contribution in [0, 0.1) is 0 Å². The van der Waals surface area contributed by atoms with Gasteiger partial charge in [-0.3, -0.25) is 9.89 Å². The first-order valence-corrected chi connectivity index (χ1v) is 9.51. The number of aliphatic hydroxyl groups excluding tert-OH is 1. The van der Waals surface area contributed by atoms with E-state index < -0.39 is 6.04 Å². The summed E-state index contributed by atoms with van der Waals surface area (Å²) in [5.41, 5.74) is 2.81. The van der Waals surface area contributed by atoms with Gasteiger partial charge >= 0.3 is 0 Å². The van der Waals surface area contributed by atoms with Crippen molar-refractivity contribution in [2.45, 2.75) is 12.5 Å². The van der Waals surface area contributed by atoms with E-state index in [1.54, 1.807) is 29.2 Å². The lowest BCUT2D eigenvalue weighted by Crippen LogP contribution is -2.31. The summed E-state index contributed by atoms with van der Waals surface area (Å²) >= 11 is 12.1. The Hall–Kier alpha value is -2.54. The van der Waals surface area contributed by atoms with Gasteiger partial charge in [-0.2, -0.15) is 5.10 Å². The van der Waals surface area contributed by atoms with Crippen molar-refractivity contribution in [1.29, 1.82) is 0 Å². The van der Waals surface area contributed by atoms with Crippen molar-refractivity contribution in [1.82, 2.24) is 15.1 Å². The summed E-state index contributed by atoms with van der Waals surface area (Å²) in [5, 5.41) is 27.8. The summed E-state index contributed by atoms with van der Waals surface area (Å²) < 4.78 is 0. The molecule has 2 aromatic carbocycles. The van der Waals surface area contributed by atoms with E-state index in [0.29, 0.717) is 45.5 Å². The number of aliphatic hydroxyl groups is 1. The van der Waals surface area contributed by atoms with Gasteiger partial charge in [-0.1, -0.05) is 35.3 Å². The number of hydrogen-bond acceptors (Lipinski definition) is 4. The number of aromatic hydroxyl groups is 1. The van der Waals surface area contributed by atoms with Crippen LogP contribution in [-0.2, 0) is 0 Å². The van der Waals surface area contributed by atoms with Gasteiger partial charge in [-0.25, -0.2) is 0 Å². The van der Waals surface area contributed by atoms with Gasteiger partial charge < -0.3 is 15.1 Å². The number of aromatic nitrogens is 2. The molecule has 144 valence electrons. The Bertz CT molecular complexity index is 1030. The molecule has 0 saturated heterocycles. The third kappa shape index (κ3) is 3.13. The fourth-order valence-electron chi connectivity index (χ4n) is 3.56. The number of carbonyl (C=O) groups is 1. The number of carbonyl (C=O) groups excluding carboxylic acids is 1. The van der Waals surface area contributed by atoms with Crippen LogP contribution < -0.4 is 0 Å². The SMILES string of the molecule is O=C1c2[nH]nc(-c3cc(Cl)ccc3O)c2C(c2ccc(Cl)cc2)N1CCCO. The minimum atomic E-state index is -0.418. The first-order valence-electron chi connectivity index (χ1n) is 8.75. The van der Waals surface area contributed by atoms with Crippen LogP contribution in [0.4, 0.5) is 0 Å². The van der Waals surface area contributed by atoms with Crippen molar-refractivity contribution in [3.63, 3.8) is 0 Å². The average Bonchev–Trinajstić information content (AvgIpc) is 3.22. The molecular weight excluding hydrogens is 401 g/mol. The third-order valence-corrected chi connectivity index (χ3v) is 5.31. The molecule has 0 radical (unpaired) electrons. The fourth-order valence-corrected chi connectivity index (χ4v) is 3.86. The predicted octanol–water partition coefficient (Wildman–Crippen LogP) is 4.02. The van der Waals surface area contributed by atoms with Gasteiger partial charge in [0.15, 0.2) is 0 Å². The number of hydrogen-bond donors (Lipinski definition) is 3. The number of fused-ring (bicyclic) bond motifs is 1. The van der Waals surface area contributed by atoms with E-state index in [2.05, 4.69) is 10.2 Å². The Kier molecular flexibility index (Phi) is 5.02. The molecular formula is C20H17Cl2N3O3. The number of phenols is 1. The number of amides is 1. The van der Waals surface area contributed by atoms with E-state index in [-0.39, 0.29) is 18.3 Å². The molecule has 1 atom stereocenters. The summed E-state index contributed by atoms with van der Waals surface area (Å²) in [4.78, 5) is 14.7. The molecule has 0 saturated carbocycles. The van der Waals surface area contributed by atoms with Crippen molar-refractivity contribution < 1.29 is 15.0 Å². The standard InChI is InChI=1S/C20H17Cl2N3O3/c21-12-4-2-11(3-5-12)19-16-17(14-10-13(22)6-7-15(14)27)23-24-18(16)20(28)25(19)8-1-9-26/h2-7,10,19,26-27H,1,8-9H2,(H,23,24). The first kappa shape index (κ1) is 18.8. The summed E-state index contributed by atoms with van der Waals surface area (Å²) in [7, 11) is 0. The highest BCUT2D eigenvalue weighted by Gasteiger charge is 2.42. The van der Waals surface area contributed by atoms with Crippen LogP contribution in [0.2, 0.25) is 10.0 Å². The molecule has 6 nitrogen and oxygen atoms in total. The zero-order chi connectivity index (χ0) is 19.8. The zero-order valence-electron chi connectivity index (χ0n) is 14.7. The number of rotatable bonds is 5. The van der Waals surface area contributed by atoms with E-state index >= 15 is 0 Å². The van der Waals surface area contributed by atoms with Gasteiger partial charge in [-0.05, 0) is 42.3 Å². The smallest absolute Gasteiger partial charge is 0.273 e. The van der Waals surface area contributed by atoms with Crippen LogP contribution in [-0.4, -0.2) is 44.4 Å². The number of nitrogens with one attached hydrogen (secondary N) is 1. The van der Waals surface area contributed by atoms with Gasteiger partial charge in [0.2, 0.25) is 0 Å². The first-order chi connectivity index (χ1) is 13.5. The number of nitrogens with zero attached hydrogens (tertiary/aromatic N) is 2. The molecule has 0 fully saturated rings. The highest BCUT2D eigenvalue weighted by atomic mass is 35.5. The highest BCUT2D eigenvalue weighted by molar-refractivity contribution is 6.31. The maximum Gasteiger partial charge on any atom is 0.273 e. The minimum Gasteiger partial charge on any atom is -0.507 e. The molecule has 1 aliphatic rings. The summed E-state index contributed by atoms with van der Waals surface area (Å²) in [6, 6.07) is 11.5. The average molecular weight is 418 g/mol. The molecule has 3 aromatic rings. The second-order valence-corrected chi connectivity index (χ2v) is 7.43. The van der Waals surface area contributed by atoms with Crippen LogP contribution >= 0.6 is 23.2 Å². The Morgan fingerprint density at radius 3 is 2.54 bits per heavy atom. The Balaban J connectivity index is 1.89. The van der Waals surface area contributed by atoms with Crippen molar-refractivity contribution in [3.05, 3.63) is 69.3 Å². The molecule has 28 heavy (non-hydrogen) atoms. The molecule has 0 spiro atoms. The normalized spacial score (nSPS) is 15.9. The van der Waals surface area contributed by atoms with Crippen molar-refractivity contribution >= 4 is 29.1 Å². The van der Waals surface area contributed by atoms with Crippen LogP contribution in [0.5, 0.6) is 5.75 Å². The van der Waals surface area contributed by atoms with Crippen molar-refractivity contribution in [2.75, 3.05) is 13.2 Å². The second kappa shape index (κ2) is 7.47. The Morgan fingerprint density at radius 2 is 1.82 bits per heavy atom. The molecule has 2 heterocycles. The van der Waals surface area contributed by atoms with E-state index in [4.69, 9.17) is 23.2 Å². The van der Waals surface area contributed by atoms with E-state index in [0.717, 1.165) is 5.56 Å². The van der Waals surface area contributed by atoms with Crippen molar-refractivity contribution in [3.8, 4) is 17.0 Å². The minimum absolute atomic E-state index is 0.0226.